The maximum absolute atomic E-state index is 9.46. The van der Waals surface area contributed by atoms with Gasteiger partial charge in [-0.05, 0) is 18.6 Å². The van der Waals surface area contributed by atoms with Gasteiger partial charge < -0.3 is 10.5 Å². The molecule has 21 heavy (non-hydrogen) atoms. The van der Waals surface area contributed by atoms with Crippen molar-refractivity contribution >= 4 is 22.9 Å². The number of ether oxygens (including phenoxy) is 1. The minimum absolute atomic E-state index is 0.106. The molecule has 0 aliphatic carbocycles. The molecule has 3 N–H and O–H groups in total. The molecule has 1 aliphatic rings. The number of allylic oxidation sites excluding steroid dienone is 1. The zero-order valence-electron chi connectivity index (χ0n) is 11.3. The highest BCUT2D eigenvalue weighted by atomic mass is 35.5. The fourth-order valence-electron chi connectivity index (χ4n) is 2.52. The second kappa shape index (κ2) is 5.43. The van der Waals surface area contributed by atoms with Crippen LogP contribution in [0, 0.1) is 11.3 Å². The van der Waals surface area contributed by atoms with Crippen molar-refractivity contribution in [1.82, 2.24) is 10.2 Å². The molecule has 0 spiro atoms. The van der Waals surface area contributed by atoms with E-state index in [0.717, 1.165) is 29.0 Å². The van der Waals surface area contributed by atoms with E-state index in [4.69, 9.17) is 22.1 Å². The van der Waals surface area contributed by atoms with Crippen molar-refractivity contribution in [1.29, 1.82) is 5.26 Å². The molecular formula is C14H13ClN4OS. The number of halogens is 1. The van der Waals surface area contributed by atoms with Crippen LogP contribution in [0.15, 0.2) is 23.6 Å². The van der Waals surface area contributed by atoms with Gasteiger partial charge in [0.05, 0.1) is 15.8 Å². The number of hydrogen-bond donors (Lipinski definition) is 2. The van der Waals surface area contributed by atoms with Gasteiger partial charge in [-0.3, -0.25) is 5.10 Å². The third-order valence-corrected chi connectivity index (χ3v) is 4.69. The van der Waals surface area contributed by atoms with Crippen LogP contribution in [-0.4, -0.2) is 10.2 Å². The van der Waals surface area contributed by atoms with Crippen LogP contribution >= 0.6 is 22.9 Å². The Hall–Kier alpha value is -1.97. The fourth-order valence-corrected chi connectivity index (χ4v) is 3.70. The molecule has 1 atom stereocenters. The molecule has 3 heterocycles. The lowest BCUT2D eigenvalue weighted by atomic mass is 9.88. The number of aromatic nitrogens is 2. The van der Waals surface area contributed by atoms with Crippen LogP contribution in [0.5, 0.6) is 5.88 Å². The van der Waals surface area contributed by atoms with Crippen molar-refractivity contribution < 1.29 is 4.74 Å². The third kappa shape index (κ3) is 2.28. The molecule has 0 radical (unpaired) electrons. The van der Waals surface area contributed by atoms with Gasteiger partial charge in [-0.2, -0.15) is 5.26 Å². The zero-order valence-corrected chi connectivity index (χ0v) is 12.9. The Morgan fingerprint density at radius 3 is 3.00 bits per heavy atom. The summed E-state index contributed by atoms with van der Waals surface area (Å²) in [6.45, 7) is 2.09. The van der Waals surface area contributed by atoms with Gasteiger partial charge in [0.25, 0.3) is 0 Å². The highest BCUT2D eigenvalue weighted by Gasteiger charge is 2.35. The van der Waals surface area contributed by atoms with Crippen molar-refractivity contribution in [2.45, 2.75) is 25.7 Å². The van der Waals surface area contributed by atoms with E-state index in [2.05, 4.69) is 23.2 Å². The number of aromatic amines is 1. The summed E-state index contributed by atoms with van der Waals surface area (Å²) in [6, 6.07) is 5.90. The molecule has 2 aromatic heterocycles. The van der Waals surface area contributed by atoms with E-state index in [1.807, 2.05) is 12.1 Å². The summed E-state index contributed by atoms with van der Waals surface area (Å²) < 4.78 is 6.16. The number of hydrogen-bond acceptors (Lipinski definition) is 5. The van der Waals surface area contributed by atoms with E-state index in [1.165, 1.54) is 11.3 Å². The number of fused-ring (bicyclic) bond motifs is 1. The standard InChI is InChI=1S/C14H13ClN4OS/c1-2-3-8-12-11(9-4-5-10(15)21-9)7(6-16)13(17)20-14(12)19-18-8/h4-5,11H,2-3,17H2,1H3,(H,18,19). The second-order valence-corrected chi connectivity index (χ2v) is 6.48. The van der Waals surface area contributed by atoms with Gasteiger partial charge in [0.15, 0.2) is 0 Å². The van der Waals surface area contributed by atoms with E-state index < -0.39 is 0 Å². The zero-order chi connectivity index (χ0) is 15.0. The van der Waals surface area contributed by atoms with E-state index in [9.17, 15) is 5.26 Å². The molecule has 0 amide bonds. The van der Waals surface area contributed by atoms with E-state index in [-0.39, 0.29) is 11.8 Å². The maximum Gasteiger partial charge on any atom is 0.244 e. The topological polar surface area (TPSA) is 87.7 Å². The van der Waals surface area contributed by atoms with Crippen LogP contribution in [0.3, 0.4) is 0 Å². The lowest BCUT2D eigenvalue weighted by Crippen LogP contribution is -2.20. The summed E-state index contributed by atoms with van der Waals surface area (Å²) in [6.07, 6.45) is 1.80. The number of nitrogens with one attached hydrogen (secondary N) is 1. The van der Waals surface area contributed by atoms with Crippen molar-refractivity contribution in [3.05, 3.63) is 44.1 Å². The SMILES string of the molecule is CCCc1[nH]nc2c1C(c1ccc(Cl)s1)C(C#N)=C(N)O2. The first-order chi connectivity index (χ1) is 10.2. The van der Waals surface area contributed by atoms with Crippen LogP contribution in [0.4, 0.5) is 0 Å². The second-order valence-electron chi connectivity index (χ2n) is 4.74. The van der Waals surface area contributed by atoms with Crippen LogP contribution in [0.2, 0.25) is 4.34 Å². The Kier molecular flexibility index (Phi) is 3.62. The summed E-state index contributed by atoms with van der Waals surface area (Å²) in [5, 5.41) is 16.6. The normalized spacial score (nSPS) is 17.3. The molecule has 0 aromatic carbocycles. The predicted octanol–water partition coefficient (Wildman–Crippen LogP) is 3.30. The number of thiophene rings is 1. The summed E-state index contributed by atoms with van der Waals surface area (Å²) in [5.41, 5.74) is 8.14. The monoisotopic (exact) mass is 320 g/mol. The quantitative estimate of drug-likeness (QED) is 0.908. The Morgan fingerprint density at radius 2 is 2.38 bits per heavy atom. The number of H-pyrrole nitrogens is 1. The number of nitrogens with two attached hydrogens (primary N) is 1. The lowest BCUT2D eigenvalue weighted by molar-refractivity contribution is 0.379. The first kappa shape index (κ1) is 14.0. The van der Waals surface area contributed by atoms with Crippen molar-refractivity contribution in [3.8, 4) is 11.9 Å². The summed E-state index contributed by atoms with van der Waals surface area (Å²) in [5.74, 6) is 0.287. The number of nitrogens with zero attached hydrogens (tertiary/aromatic N) is 2. The Morgan fingerprint density at radius 1 is 1.57 bits per heavy atom. The van der Waals surface area contributed by atoms with E-state index in [1.54, 1.807) is 0 Å². The predicted molar refractivity (Wildman–Crippen MR) is 81.2 cm³/mol. The van der Waals surface area contributed by atoms with Gasteiger partial charge in [0.2, 0.25) is 11.8 Å². The van der Waals surface area contributed by atoms with Crippen LogP contribution in [0.25, 0.3) is 0 Å². The number of aryl methyl sites for hydroxylation is 1. The Balaban J connectivity index is 2.19. The summed E-state index contributed by atoms with van der Waals surface area (Å²) in [4.78, 5) is 0.961. The Bertz CT molecular complexity index is 755. The van der Waals surface area contributed by atoms with Gasteiger partial charge in [-0.1, -0.05) is 24.9 Å². The van der Waals surface area contributed by atoms with Crippen molar-refractivity contribution in [3.63, 3.8) is 0 Å². The van der Waals surface area contributed by atoms with Gasteiger partial charge in [0, 0.05) is 10.6 Å². The van der Waals surface area contributed by atoms with Crippen LogP contribution in [-0.2, 0) is 6.42 Å². The molecule has 5 nitrogen and oxygen atoms in total. The number of rotatable bonds is 3. The molecule has 1 unspecified atom stereocenters. The lowest BCUT2D eigenvalue weighted by Gasteiger charge is -2.22. The number of nitriles is 1. The van der Waals surface area contributed by atoms with Crippen molar-refractivity contribution in [2.75, 3.05) is 0 Å². The first-order valence-corrected chi connectivity index (χ1v) is 7.75. The molecule has 0 saturated heterocycles. The molecule has 0 bridgehead atoms. The van der Waals surface area contributed by atoms with E-state index in [0.29, 0.717) is 15.8 Å². The van der Waals surface area contributed by atoms with Gasteiger partial charge in [0.1, 0.15) is 11.6 Å². The highest BCUT2D eigenvalue weighted by molar-refractivity contribution is 7.16. The average Bonchev–Trinajstić information content (AvgIpc) is 3.05. The molecule has 1 aliphatic heterocycles. The van der Waals surface area contributed by atoms with Crippen LogP contribution < -0.4 is 10.5 Å². The van der Waals surface area contributed by atoms with Crippen molar-refractivity contribution in [2.24, 2.45) is 5.73 Å². The van der Waals surface area contributed by atoms with Gasteiger partial charge in [-0.25, -0.2) is 0 Å². The molecule has 0 fully saturated rings. The van der Waals surface area contributed by atoms with E-state index >= 15 is 0 Å². The van der Waals surface area contributed by atoms with Crippen LogP contribution in [0.1, 0.15) is 35.4 Å². The molecule has 0 saturated carbocycles. The summed E-state index contributed by atoms with van der Waals surface area (Å²) in [7, 11) is 0. The minimum Gasteiger partial charge on any atom is -0.420 e. The maximum atomic E-state index is 9.46. The largest absolute Gasteiger partial charge is 0.420 e. The summed E-state index contributed by atoms with van der Waals surface area (Å²) >= 11 is 7.48. The highest BCUT2D eigenvalue weighted by Crippen LogP contribution is 2.45. The smallest absolute Gasteiger partial charge is 0.244 e. The molecule has 3 rings (SSSR count). The first-order valence-electron chi connectivity index (χ1n) is 6.55. The Labute approximate surface area is 131 Å². The molecule has 7 heteroatoms. The molecule has 2 aromatic rings. The van der Waals surface area contributed by atoms with Gasteiger partial charge >= 0.3 is 0 Å². The minimum atomic E-state index is -0.267. The third-order valence-electron chi connectivity index (χ3n) is 3.40. The average molecular weight is 321 g/mol. The molecule has 108 valence electrons. The molecular weight excluding hydrogens is 308 g/mol. The fraction of sp³-hybridized carbons (Fsp3) is 0.286. The van der Waals surface area contributed by atoms with Gasteiger partial charge in [-0.15, -0.1) is 16.4 Å².